The van der Waals surface area contributed by atoms with E-state index in [0.29, 0.717) is 0 Å². The average molecular weight is 345 g/mol. The molecule has 0 saturated carbocycles. The van der Waals surface area contributed by atoms with Gasteiger partial charge in [0.15, 0.2) is 7.59 Å². The van der Waals surface area contributed by atoms with Crippen molar-refractivity contribution in [3.8, 4) is 0 Å². The molecule has 15 heavy (non-hydrogen) atoms. The summed E-state index contributed by atoms with van der Waals surface area (Å²) in [6.07, 6.45) is -5.39. The Labute approximate surface area is 116 Å². The quantitative estimate of drug-likeness (QED) is 0.643. The van der Waals surface area contributed by atoms with Crippen LogP contribution >= 0.6 is 69.6 Å². The van der Waals surface area contributed by atoms with Crippen LogP contribution in [0.1, 0.15) is 12.8 Å². The Morgan fingerprint density at radius 2 is 1.07 bits per heavy atom. The predicted octanol–water partition coefficient (Wildman–Crippen LogP) is 5.11. The van der Waals surface area contributed by atoms with Gasteiger partial charge in [0.1, 0.15) is 0 Å². The molecule has 0 saturated heterocycles. The zero-order valence-electron chi connectivity index (χ0n) is 7.00. The van der Waals surface area contributed by atoms with E-state index in [1.54, 1.807) is 0 Å². The Hall–Kier alpha value is 1.56. The largest absolute Gasteiger partial charge is 0.314 e. The lowest BCUT2D eigenvalue weighted by Crippen LogP contribution is -2.23. The summed E-state index contributed by atoms with van der Waals surface area (Å²) in [4.78, 5) is 0. The molecule has 2 unspecified atom stereocenters. The Morgan fingerprint density at radius 1 is 0.800 bits per heavy atom. The highest BCUT2D eigenvalue weighted by molar-refractivity contribution is 6.68. The topological polar surface area (TPSA) is 9.23 Å². The van der Waals surface area contributed by atoms with E-state index < -0.39 is 33.1 Å². The lowest BCUT2D eigenvalue weighted by Gasteiger charge is -2.19. The fourth-order valence-electron chi connectivity index (χ4n) is 0.620. The number of halogens is 8. The van der Waals surface area contributed by atoms with Crippen molar-refractivity contribution >= 4 is 69.6 Å². The summed E-state index contributed by atoms with van der Waals surface area (Å²) in [5, 5.41) is 0. The minimum absolute atomic E-state index is 0.613. The molecule has 2 atom stereocenters. The zero-order valence-corrected chi connectivity index (χ0v) is 11.5. The SMILES string of the molecule is FC(CC(Cl)(Cl)Cl)OC(F)CC(Cl)(Cl)Cl. The maximum atomic E-state index is 12.9. The predicted molar refractivity (Wildman–Crippen MR) is 60.7 cm³/mol. The van der Waals surface area contributed by atoms with Crippen LogP contribution in [0.25, 0.3) is 0 Å². The van der Waals surface area contributed by atoms with Gasteiger partial charge in [-0.3, -0.25) is 0 Å². The average Bonchev–Trinajstić information content (AvgIpc) is 1.73. The smallest absolute Gasteiger partial charge is 0.206 e. The van der Waals surface area contributed by atoms with Crippen molar-refractivity contribution in [3.05, 3.63) is 0 Å². The second-order valence-electron chi connectivity index (χ2n) is 2.59. The van der Waals surface area contributed by atoms with Crippen molar-refractivity contribution in [2.45, 2.75) is 33.1 Å². The summed E-state index contributed by atoms with van der Waals surface area (Å²) in [6, 6.07) is 0. The van der Waals surface area contributed by atoms with Gasteiger partial charge >= 0.3 is 0 Å². The van der Waals surface area contributed by atoms with Gasteiger partial charge in [0.05, 0.1) is 12.8 Å². The molecule has 0 aromatic rings. The van der Waals surface area contributed by atoms with Gasteiger partial charge in [-0.05, 0) is 0 Å². The van der Waals surface area contributed by atoms with Gasteiger partial charge in [-0.25, -0.2) is 8.78 Å². The Balaban J connectivity index is 3.92. The summed E-state index contributed by atoms with van der Waals surface area (Å²) in [5.74, 6) is 0. The van der Waals surface area contributed by atoms with E-state index in [4.69, 9.17) is 69.6 Å². The molecule has 0 aliphatic rings. The number of hydrogen-bond acceptors (Lipinski definition) is 1. The monoisotopic (exact) mass is 342 g/mol. The van der Waals surface area contributed by atoms with E-state index in [1.165, 1.54) is 0 Å². The standard InChI is InChI=1S/C6H6Cl6F2O/c7-5(8,9)1-3(13)15-4(14)2-6(10,11)12/h3-4H,1-2H2. The van der Waals surface area contributed by atoms with E-state index in [0.717, 1.165) is 0 Å². The Kier molecular flexibility index (Phi) is 7.16. The molecular weight excluding hydrogens is 339 g/mol. The van der Waals surface area contributed by atoms with Crippen molar-refractivity contribution in [2.24, 2.45) is 0 Å². The van der Waals surface area contributed by atoms with Gasteiger partial charge < -0.3 is 4.74 Å². The normalized spacial score (nSPS) is 17.6. The summed E-state index contributed by atoms with van der Waals surface area (Å²) >= 11 is 31.5. The first-order chi connectivity index (χ1) is 6.49. The van der Waals surface area contributed by atoms with E-state index in [1.807, 2.05) is 0 Å². The van der Waals surface area contributed by atoms with Gasteiger partial charge in [0.2, 0.25) is 12.7 Å². The molecule has 0 aromatic carbocycles. The van der Waals surface area contributed by atoms with Crippen LogP contribution < -0.4 is 0 Å². The molecule has 1 nitrogen and oxygen atoms in total. The lowest BCUT2D eigenvalue weighted by molar-refractivity contribution is -0.143. The molecule has 0 amide bonds. The Bertz CT molecular complexity index is 171. The van der Waals surface area contributed by atoms with Crippen molar-refractivity contribution in [1.82, 2.24) is 0 Å². The Morgan fingerprint density at radius 3 is 1.27 bits per heavy atom. The molecule has 0 bridgehead atoms. The van der Waals surface area contributed by atoms with E-state index >= 15 is 0 Å². The van der Waals surface area contributed by atoms with Crippen LogP contribution in [-0.4, -0.2) is 20.3 Å². The molecule has 0 heterocycles. The molecule has 0 aliphatic heterocycles. The van der Waals surface area contributed by atoms with Crippen LogP contribution in [0.5, 0.6) is 0 Å². The highest BCUT2D eigenvalue weighted by Gasteiger charge is 2.31. The first-order valence-corrected chi connectivity index (χ1v) is 5.83. The van der Waals surface area contributed by atoms with Gasteiger partial charge in [0, 0.05) is 0 Å². The second kappa shape index (κ2) is 6.48. The van der Waals surface area contributed by atoms with Crippen LogP contribution in [0.15, 0.2) is 0 Å². The molecule has 92 valence electrons. The van der Waals surface area contributed by atoms with E-state index in [2.05, 4.69) is 4.74 Å². The highest BCUT2D eigenvalue weighted by Crippen LogP contribution is 2.35. The number of ether oxygens (including phenoxy) is 1. The first kappa shape index (κ1) is 16.6. The molecule has 0 aromatic heterocycles. The molecule has 0 aliphatic carbocycles. The van der Waals surface area contributed by atoms with Crippen molar-refractivity contribution in [3.63, 3.8) is 0 Å². The number of alkyl halides is 8. The van der Waals surface area contributed by atoms with E-state index in [9.17, 15) is 8.78 Å². The zero-order chi connectivity index (χ0) is 12.3. The molecule has 0 N–H and O–H groups in total. The molecule has 0 fully saturated rings. The van der Waals surface area contributed by atoms with Gasteiger partial charge in [0.25, 0.3) is 0 Å². The fraction of sp³-hybridized carbons (Fsp3) is 1.00. The molecule has 0 rings (SSSR count). The molecule has 9 heteroatoms. The van der Waals surface area contributed by atoms with Gasteiger partial charge in [-0.2, -0.15) is 0 Å². The maximum Gasteiger partial charge on any atom is 0.206 e. The first-order valence-electron chi connectivity index (χ1n) is 3.57. The number of rotatable bonds is 4. The van der Waals surface area contributed by atoms with Crippen LogP contribution in [0.3, 0.4) is 0 Å². The maximum absolute atomic E-state index is 12.9. The van der Waals surface area contributed by atoms with Crippen LogP contribution in [0, 0.1) is 0 Å². The van der Waals surface area contributed by atoms with Crippen molar-refractivity contribution in [1.29, 1.82) is 0 Å². The minimum Gasteiger partial charge on any atom is -0.314 e. The third kappa shape index (κ3) is 11.8. The summed E-state index contributed by atoms with van der Waals surface area (Å²) in [6.45, 7) is 0. The third-order valence-corrected chi connectivity index (χ3v) is 2.01. The van der Waals surface area contributed by atoms with Crippen molar-refractivity contribution < 1.29 is 13.5 Å². The lowest BCUT2D eigenvalue weighted by atomic mass is 10.4. The molecular formula is C6H6Cl6F2O. The van der Waals surface area contributed by atoms with Crippen LogP contribution in [-0.2, 0) is 4.74 Å². The van der Waals surface area contributed by atoms with Gasteiger partial charge in [-0.15, -0.1) is 0 Å². The van der Waals surface area contributed by atoms with Gasteiger partial charge in [-0.1, -0.05) is 69.6 Å². The summed E-state index contributed by atoms with van der Waals surface area (Å²) < 4.78 is 26.2. The minimum atomic E-state index is -2.08. The van der Waals surface area contributed by atoms with E-state index in [-0.39, 0.29) is 0 Å². The third-order valence-electron chi connectivity index (χ3n) is 1.08. The highest BCUT2D eigenvalue weighted by atomic mass is 35.6. The molecule has 0 radical (unpaired) electrons. The second-order valence-corrected chi connectivity index (χ2v) is 7.63. The number of hydrogen-bond donors (Lipinski definition) is 0. The fourth-order valence-corrected chi connectivity index (χ4v) is 1.35. The summed E-state index contributed by atoms with van der Waals surface area (Å²) in [5.41, 5.74) is 0. The summed E-state index contributed by atoms with van der Waals surface area (Å²) in [7, 11) is 0. The molecule has 0 spiro atoms. The van der Waals surface area contributed by atoms with Crippen molar-refractivity contribution in [2.75, 3.05) is 0 Å². The van der Waals surface area contributed by atoms with Crippen LogP contribution in [0.4, 0.5) is 8.78 Å². The van der Waals surface area contributed by atoms with Crippen LogP contribution in [0.2, 0.25) is 0 Å².